The van der Waals surface area contributed by atoms with Crippen LogP contribution in [0, 0.1) is 0 Å². The van der Waals surface area contributed by atoms with Crippen molar-refractivity contribution in [2.24, 2.45) is 0 Å². The van der Waals surface area contributed by atoms with Crippen molar-refractivity contribution < 1.29 is 24.5 Å². The molecular formula is C70H137NO5. The minimum atomic E-state index is -0.657. The van der Waals surface area contributed by atoms with Crippen LogP contribution in [0.4, 0.5) is 0 Å². The quantitative estimate of drug-likeness (QED) is 0.0320. The van der Waals surface area contributed by atoms with Gasteiger partial charge in [-0.1, -0.05) is 347 Å². The summed E-state index contributed by atoms with van der Waals surface area (Å²) in [7, 11) is 0. The summed E-state index contributed by atoms with van der Waals surface area (Å²) < 4.78 is 5.48. The van der Waals surface area contributed by atoms with Crippen molar-refractivity contribution in [1.29, 1.82) is 0 Å². The molecule has 0 aromatic rings. The topological polar surface area (TPSA) is 95.9 Å². The average molecular weight is 1070 g/mol. The molecule has 0 fully saturated rings. The lowest BCUT2D eigenvalue weighted by molar-refractivity contribution is -0.143. The molecule has 0 aromatic carbocycles. The molecular weight excluding hydrogens is 935 g/mol. The molecule has 6 nitrogen and oxygen atoms in total. The van der Waals surface area contributed by atoms with Crippen molar-refractivity contribution in [3.63, 3.8) is 0 Å². The predicted molar refractivity (Wildman–Crippen MR) is 333 cm³/mol. The molecule has 452 valence electrons. The molecule has 0 aliphatic rings. The van der Waals surface area contributed by atoms with Crippen LogP contribution in [-0.2, 0) is 14.3 Å². The number of aliphatic hydroxyl groups is 2. The van der Waals surface area contributed by atoms with Crippen molar-refractivity contribution in [1.82, 2.24) is 5.32 Å². The highest BCUT2D eigenvalue weighted by Gasteiger charge is 2.20. The molecule has 0 saturated heterocycles. The Morgan fingerprint density at radius 3 is 0.961 bits per heavy atom. The lowest BCUT2D eigenvalue weighted by Crippen LogP contribution is -2.45. The van der Waals surface area contributed by atoms with Gasteiger partial charge in [-0.15, -0.1) is 0 Å². The molecule has 76 heavy (non-hydrogen) atoms. The summed E-state index contributed by atoms with van der Waals surface area (Å²) in [6.07, 6.45) is 81.5. The summed E-state index contributed by atoms with van der Waals surface area (Å²) in [5.41, 5.74) is 0. The van der Waals surface area contributed by atoms with Gasteiger partial charge in [0, 0.05) is 12.8 Å². The zero-order valence-corrected chi connectivity index (χ0v) is 51.8. The number of aliphatic hydroxyl groups excluding tert-OH is 2. The first-order valence-electron chi connectivity index (χ1n) is 34.9. The molecule has 2 unspecified atom stereocenters. The number of rotatable bonds is 66. The number of carbonyl (C=O) groups excluding carboxylic acids is 2. The van der Waals surface area contributed by atoms with Gasteiger partial charge in [-0.2, -0.15) is 0 Å². The van der Waals surface area contributed by atoms with Crippen molar-refractivity contribution in [2.45, 2.75) is 411 Å². The number of esters is 1. The van der Waals surface area contributed by atoms with Gasteiger partial charge in [-0.3, -0.25) is 9.59 Å². The van der Waals surface area contributed by atoms with Crippen molar-refractivity contribution in [3.05, 3.63) is 12.2 Å². The maximum Gasteiger partial charge on any atom is 0.305 e. The number of carbonyl (C=O) groups is 2. The average Bonchev–Trinajstić information content (AvgIpc) is 3.42. The molecule has 0 bridgehead atoms. The standard InChI is InChI=1S/C70H137NO5/c1-3-5-7-9-11-13-15-44-48-52-56-60-64-70(75)76-65-61-57-53-49-45-42-40-38-36-34-32-30-28-26-24-22-20-18-16-17-19-21-23-25-27-29-31-33-35-37-39-41-43-47-51-55-59-63-69(74)71-67(66-72)68(73)62-58-54-50-46-14-12-10-8-6-4-2/h11,13,67-68,72-73H,3-10,12,14-66H2,1-2H3,(H,71,74)/b13-11-. The van der Waals surface area contributed by atoms with Crippen molar-refractivity contribution in [3.8, 4) is 0 Å². The Labute approximate surface area is 476 Å². The van der Waals surface area contributed by atoms with Gasteiger partial charge >= 0.3 is 5.97 Å². The summed E-state index contributed by atoms with van der Waals surface area (Å²) in [6.45, 7) is 4.94. The number of allylic oxidation sites excluding steroid dienone is 2. The maximum atomic E-state index is 12.4. The summed E-state index contributed by atoms with van der Waals surface area (Å²) in [6, 6.07) is -0.534. The van der Waals surface area contributed by atoms with Crippen LogP contribution in [0.15, 0.2) is 12.2 Å². The van der Waals surface area contributed by atoms with Crippen molar-refractivity contribution >= 4 is 11.9 Å². The van der Waals surface area contributed by atoms with E-state index in [1.165, 1.54) is 321 Å². The second-order valence-electron chi connectivity index (χ2n) is 24.2. The summed E-state index contributed by atoms with van der Waals surface area (Å²) in [4.78, 5) is 24.5. The molecule has 0 rings (SSSR count). The van der Waals surface area contributed by atoms with E-state index in [-0.39, 0.29) is 18.5 Å². The van der Waals surface area contributed by atoms with E-state index in [1.807, 2.05) is 0 Å². The van der Waals surface area contributed by atoms with E-state index in [9.17, 15) is 19.8 Å². The lowest BCUT2D eigenvalue weighted by Gasteiger charge is -2.22. The molecule has 0 saturated carbocycles. The number of hydrogen-bond acceptors (Lipinski definition) is 5. The van der Waals surface area contributed by atoms with Crippen LogP contribution in [0.3, 0.4) is 0 Å². The highest BCUT2D eigenvalue weighted by atomic mass is 16.5. The van der Waals surface area contributed by atoms with Crippen LogP contribution in [0.1, 0.15) is 399 Å². The molecule has 1 amide bonds. The molecule has 3 N–H and O–H groups in total. The Bertz CT molecular complexity index is 1140. The minimum Gasteiger partial charge on any atom is -0.466 e. The van der Waals surface area contributed by atoms with Crippen LogP contribution < -0.4 is 5.32 Å². The Morgan fingerprint density at radius 2 is 0.618 bits per heavy atom. The van der Waals surface area contributed by atoms with Gasteiger partial charge < -0.3 is 20.3 Å². The van der Waals surface area contributed by atoms with Gasteiger partial charge in [0.25, 0.3) is 0 Å². The number of hydrogen-bond donors (Lipinski definition) is 3. The second-order valence-corrected chi connectivity index (χ2v) is 24.2. The number of unbranched alkanes of at least 4 members (excludes halogenated alkanes) is 53. The van der Waals surface area contributed by atoms with E-state index in [4.69, 9.17) is 4.74 Å². The molecule has 0 spiro atoms. The zero-order chi connectivity index (χ0) is 55.0. The number of ether oxygens (including phenoxy) is 1. The van der Waals surface area contributed by atoms with Gasteiger partial charge in [-0.25, -0.2) is 0 Å². The molecule has 2 atom stereocenters. The Morgan fingerprint density at radius 1 is 0.355 bits per heavy atom. The SMILES string of the molecule is CCCCC/C=C\CCCCCCCC(=O)OCCCCCCCCCCCCCCCCCCCCCCCCCCCCCCCCCCCCCCCC(=O)NC(CO)C(O)CCCCCCCCCCCC. The molecule has 0 aliphatic carbocycles. The molecule has 6 heteroatoms. The summed E-state index contributed by atoms with van der Waals surface area (Å²) in [5.74, 6) is -0.0150. The molecule has 0 radical (unpaired) electrons. The van der Waals surface area contributed by atoms with Crippen LogP contribution in [-0.4, -0.2) is 47.4 Å². The smallest absolute Gasteiger partial charge is 0.305 e. The Kier molecular flexibility index (Phi) is 64.9. The van der Waals surface area contributed by atoms with E-state index in [0.29, 0.717) is 25.9 Å². The summed E-state index contributed by atoms with van der Waals surface area (Å²) in [5, 5.41) is 23.2. The van der Waals surface area contributed by atoms with Gasteiger partial charge in [0.1, 0.15) is 0 Å². The van der Waals surface area contributed by atoms with Gasteiger partial charge in [-0.05, 0) is 51.4 Å². The second kappa shape index (κ2) is 66.1. The molecule has 0 heterocycles. The van der Waals surface area contributed by atoms with E-state index in [0.717, 1.165) is 44.9 Å². The maximum absolute atomic E-state index is 12.4. The summed E-state index contributed by atoms with van der Waals surface area (Å²) >= 11 is 0. The fourth-order valence-corrected chi connectivity index (χ4v) is 11.2. The van der Waals surface area contributed by atoms with E-state index in [1.54, 1.807) is 0 Å². The first kappa shape index (κ1) is 74.6. The van der Waals surface area contributed by atoms with Gasteiger partial charge in [0.2, 0.25) is 5.91 Å². The zero-order valence-electron chi connectivity index (χ0n) is 51.8. The van der Waals surface area contributed by atoms with Crippen LogP contribution in [0.25, 0.3) is 0 Å². The largest absolute Gasteiger partial charge is 0.466 e. The first-order valence-corrected chi connectivity index (χ1v) is 34.9. The molecule has 0 aliphatic heterocycles. The van der Waals surface area contributed by atoms with E-state index in [2.05, 4.69) is 31.3 Å². The third-order valence-corrected chi connectivity index (χ3v) is 16.6. The van der Waals surface area contributed by atoms with Gasteiger partial charge in [0.15, 0.2) is 0 Å². The number of amides is 1. The third kappa shape index (κ3) is 61.8. The normalized spacial score (nSPS) is 12.5. The Hall–Kier alpha value is -1.40. The third-order valence-electron chi connectivity index (χ3n) is 16.6. The van der Waals surface area contributed by atoms with Gasteiger partial charge in [0.05, 0.1) is 25.4 Å². The Balaban J connectivity index is 3.26. The number of nitrogens with one attached hydrogen (secondary N) is 1. The van der Waals surface area contributed by atoms with Crippen molar-refractivity contribution in [2.75, 3.05) is 13.2 Å². The lowest BCUT2D eigenvalue weighted by atomic mass is 10.0. The monoisotopic (exact) mass is 1070 g/mol. The first-order chi connectivity index (χ1) is 37.5. The van der Waals surface area contributed by atoms with Crippen LogP contribution in [0.5, 0.6) is 0 Å². The highest BCUT2D eigenvalue weighted by molar-refractivity contribution is 5.76. The van der Waals surface area contributed by atoms with Crippen LogP contribution in [0.2, 0.25) is 0 Å². The predicted octanol–water partition coefficient (Wildman–Crippen LogP) is 22.4. The fraction of sp³-hybridized carbons (Fsp3) is 0.943. The van der Waals surface area contributed by atoms with E-state index < -0.39 is 12.1 Å². The molecule has 0 aromatic heterocycles. The minimum absolute atomic E-state index is 0.0138. The highest BCUT2D eigenvalue weighted by Crippen LogP contribution is 2.19. The fourth-order valence-electron chi connectivity index (χ4n) is 11.2. The van der Waals surface area contributed by atoms with Crippen LogP contribution >= 0.6 is 0 Å². The van der Waals surface area contributed by atoms with E-state index >= 15 is 0 Å².